The van der Waals surface area contributed by atoms with Gasteiger partial charge in [-0.05, 0) is 40.8 Å². The van der Waals surface area contributed by atoms with Gasteiger partial charge in [0.2, 0.25) is 0 Å². The average molecular weight is 267 g/mol. The minimum Gasteiger partial charge on any atom is -0.332 e. The summed E-state index contributed by atoms with van der Waals surface area (Å²) in [5.41, 5.74) is 1.69. The van der Waals surface area contributed by atoms with Gasteiger partial charge in [-0.25, -0.2) is 0 Å². The Kier molecular flexibility index (Phi) is 2.06. The maximum atomic E-state index is 12.0. The third-order valence-electron chi connectivity index (χ3n) is 2.97. The molecule has 3 nitrogen and oxygen atoms in total. The smallest absolute Gasteiger partial charge is 0.256 e. The van der Waals surface area contributed by atoms with Crippen LogP contribution in [0.5, 0.6) is 0 Å². The molecule has 78 valence electrons. The van der Waals surface area contributed by atoms with Crippen molar-refractivity contribution in [3.05, 3.63) is 28.0 Å². The number of halogens is 1. The number of aromatic nitrogens is 1. The Hall–Kier alpha value is -0.900. The molecule has 0 radical (unpaired) electrons. The van der Waals surface area contributed by atoms with Gasteiger partial charge in [-0.3, -0.25) is 9.78 Å². The fourth-order valence-corrected chi connectivity index (χ4v) is 2.29. The van der Waals surface area contributed by atoms with Crippen LogP contribution in [-0.2, 0) is 6.54 Å². The number of rotatable bonds is 2. The van der Waals surface area contributed by atoms with Crippen LogP contribution in [0.2, 0.25) is 0 Å². The van der Waals surface area contributed by atoms with Crippen LogP contribution < -0.4 is 0 Å². The van der Waals surface area contributed by atoms with Gasteiger partial charge in [-0.2, -0.15) is 0 Å². The third-order valence-corrected chi connectivity index (χ3v) is 3.40. The number of pyridine rings is 1. The molecule has 1 aromatic heterocycles. The molecule has 0 atom stereocenters. The van der Waals surface area contributed by atoms with E-state index < -0.39 is 0 Å². The maximum absolute atomic E-state index is 12.0. The topological polar surface area (TPSA) is 33.2 Å². The normalized spacial score (nSPS) is 19.5. The first-order chi connectivity index (χ1) is 7.24. The predicted octanol–water partition coefficient (Wildman–Crippen LogP) is 2.21. The molecular weight excluding hydrogens is 256 g/mol. The molecule has 1 saturated carbocycles. The molecule has 1 fully saturated rings. The zero-order valence-corrected chi connectivity index (χ0v) is 9.83. The van der Waals surface area contributed by atoms with E-state index in [1.165, 1.54) is 12.8 Å². The van der Waals surface area contributed by atoms with Gasteiger partial charge in [-0.1, -0.05) is 0 Å². The molecule has 15 heavy (non-hydrogen) atoms. The third kappa shape index (κ3) is 1.67. The summed E-state index contributed by atoms with van der Waals surface area (Å²) in [6, 6.07) is 1.87. The highest BCUT2D eigenvalue weighted by atomic mass is 79.9. The summed E-state index contributed by atoms with van der Waals surface area (Å²) >= 11 is 3.34. The zero-order chi connectivity index (χ0) is 10.4. The van der Waals surface area contributed by atoms with Gasteiger partial charge in [-0.15, -0.1) is 0 Å². The van der Waals surface area contributed by atoms with E-state index in [2.05, 4.69) is 20.9 Å². The molecule has 0 bridgehead atoms. The van der Waals surface area contributed by atoms with Crippen LogP contribution in [0.4, 0.5) is 0 Å². The molecule has 3 rings (SSSR count). The number of fused-ring (bicyclic) bond motifs is 1. The van der Waals surface area contributed by atoms with Gasteiger partial charge < -0.3 is 4.90 Å². The van der Waals surface area contributed by atoms with Crippen molar-refractivity contribution in [1.29, 1.82) is 0 Å². The highest BCUT2D eigenvalue weighted by molar-refractivity contribution is 9.10. The molecule has 2 heterocycles. The van der Waals surface area contributed by atoms with Crippen molar-refractivity contribution in [2.24, 2.45) is 5.92 Å². The molecule has 1 aliphatic carbocycles. The Labute approximate surface area is 96.6 Å². The molecule has 1 amide bonds. The van der Waals surface area contributed by atoms with Crippen molar-refractivity contribution in [1.82, 2.24) is 9.88 Å². The molecule has 0 N–H and O–H groups in total. The number of amides is 1. The van der Waals surface area contributed by atoms with Gasteiger partial charge >= 0.3 is 0 Å². The number of hydrogen-bond donors (Lipinski definition) is 0. The minimum atomic E-state index is 0.144. The summed E-state index contributed by atoms with van der Waals surface area (Å²) in [5.74, 6) is 0.886. The Bertz CT molecular complexity index is 429. The lowest BCUT2D eigenvalue weighted by Gasteiger charge is -2.13. The predicted molar refractivity (Wildman–Crippen MR) is 59.4 cm³/mol. The summed E-state index contributed by atoms with van der Waals surface area (Å²) in [5, 5.41) is 0. The summed E-state index contributed by atoms with van der Waals surface area (Å²) in [4.78, 5) is 18.2. The second-order valence-electron chi connectivity index (χ2n) is 4.28. The number of carbonyl (C=O) groups excluding carboxylic acids is 1. The van der Waals surface area contributed by atoms with Crippen molar-refractivity contribution in [3.63, 3.8) is 0 Å². The zero-order valence-electron chi connectivity index (χ0n) is 8.24. The van der Waals surface area contributed by atoms with Gasteiger partial charge in [0.15, 0.2) is 0 Å². The first-order valence-corrected chi connectivity index (χ1v) is 5.97. The van der Waals surface area contributed by atoms with E-state index in [9.17, 15) is 4.79 Å². The van der Waals surface area contributed by atoms with Crippen LogP contribution in [0, 0.1) is 5.92 Å². The summed E-state index contributed by atoms with van der Waals surface area (Å²) in [7, 11) is 0. The van der Waals surface area contributed by atoms with Crippen molar-refractivity contribution in [2.75, 3.05) is 6.54 Å². The highest BCUT2D eigenvalue weighted by Gasteiger charge is 2.33. The number of carbonyl (C=O) groups is 1. The van der Waals surface area contributed by atoms with Crippen LogP contribution in [0.15, 0.2) is 16.7 Å². The van der Waals surface area contributed by atoms with Gasteiger partial charge in [0.25, 0.3) is 5.91 Å². The second kappa shape index (κ2) is 3.30. The monoisotopic (exact) mass is 266 g/mol. The van der Waals surface area contributed by atoms with E-state index in [1.54, 1.807) is 6.20 Å². The van der Waals surface area contributed by atoms with E-state index in [0.717, 1.165) is 28.2 Å². The SMILES string of the molecule is O=C1c2cc(Br)cnc2CN1CC1CC1. The molecular formula is C11H11BrN2O. The standard InChI is InChI=1S/C11H11BrN2O/c12-8-3-9-10(13-4-8)6-14(11(9)15)5-7-1-2-7/h3-4,7H,1-2,5-6H2. The highest BCUT2D eigenvalue weighted by Crippen LogP contribution is 2.33. The maximum Gasteiger partial charge on any atom is 0.256 e. The molecule has 0 unspecified atom stereocenters. The Morgan fingerprint density at radius 3 is 3.07 bits per heavy atom. The first kappa shape index (κ1) is 9.33. The molecule has 1 aromatic rings. The van der Waals surface area contributed by atoms with Gasteiger partial charge in [0.05, 0.1) is 17.8 Å². The van der Waals surface area contributed by atoms with Crippen molar-refractivity contribution in [3.8, 4) is 0 Å². The number of nitrogens with zero attached hydrogens (tertiary/aromatic N) is 2. The molecule has 0 aromatic carbocycles. The van der Waals surface area contributed by atoms with E-state index in [0.29, 0.717) is 6.54 Å². The fraction of sp³-hybridized carbons (Fsp3) is 0.455. The lowest BCUT2D eigenvalue weighted by atomic mass is 10.2. The molecule has 1 aliphatic heterocycles. The molecule has 0 saturated heterocycles. The first-order valence-electron chi connectivity index (χ1n) is 5.18. The van der Waals surface area contributed by atoms with Crippen molar-refractivity contribution in [2.45, 2.75) is 19.4 Å². The van der Waals surface area contributed by atoms with Crippen LogP contribution in [-0.4, -0.2) is 22.3 Å². The van der Waals surface area contributed by atoms with E-state index >= 15 is 0 Å². The van der Waals surface area contributed by atoms with Crippen molar-refractivity contribution < 1.29 is 4.79 Å². The lowest BCUT2D eigenvalue weighted by Crippen LogP contribution is -2.26. The molecule has 4 heteroatoms. The Morgan fingerprint density at radius 1 is 1.53 bits per heavy atom. The van der Waals surface area contributed by atoms with E-state index in [1.807, 2.05) is 11.0 Å². The summed E-state index contributed by atoms with van der Waals surface area (Å²) < 4.78 is 0.878. The minimum absolute atomic E-state index is 0.144. The molecule has 0 spiro atoms. The summed E-state index contributed by atoms with van der Waals surface area (Å²) in [6.45, 7) is 1.60. The fourth-order valence-electron chi connectivity index (χ4n) is 1.96. The summed E-state index contributed by atoms with van der Waals surface area (Å²) in [6.07, 6.45) is 4.31. The van der Waals surface area contributed by atoms with Gasteiger partial charge in [0, 0.05) is 17.2 Å². The van der Waals surface area contributed by atoms with E-state index in [-0.39, 0.29) is 5.91 Å². The largest absolute Gasteiger partial charge is 0.332 e. The Balaban J connectivity index is 1.87. The van der Waals surface area contributed by atoms with E-state index in [4.69, 9.17) is 0 Å². The lowest BCUT2D eigenvalue weighted by molar-refractivity contribution is 0.0770. The number of hydrogen-bond acceptors (Lipinski definition) is 2. The average Bonchev–Trinajstić information content (AvgIpc) is 2.97. The Morgan fingerprint density at radius 2 is 2.33 bits per heavy atom. The van der Waals surface area contributed by atoms with Crippen LogP contribution in [0.1, 0.15) is 28.9 Å². The van der Waals surface area contributed by atoms with Crippen molar-refractivity contribution >= 4 is 21.8 Å². The molecule has 2 aliphatic rings. The second-order valence-corrected chi connectivity index (χ2v) is 5.19. The van der Waals surface area contributed by atoms with Crippen LogP contribution >= 0.6 is 15.9 Å². The quantitative estimate of drug-likeness (QED) is 0.823. The van der Waals surface area contributed by atoms with Gasteiger partial charge in [0.1, 0.15) is 0 Å². The van der Waals surface area contributed by atoms with Crippen LogP contribution in [0.25, 0.3) is 0 Å². The van der Waals surface area contributed by atoms with Crippen LogP contribution in [0.3, 0.4) is 0 Å².